The van der Waals surface area contributed by atoms with E-state index in [0.29, 0.717) is 5.75 Å². The van der Waals surface area contributed by atoms with Crippen LogP contribution in [0.25, 0.3) is 0 Å². The summed E-state index contributed by atoms with van der Waals surface area (Å²) < 4.78 is 13.6. The van der Waals surface area contributed by atoms with Crippen LogP contribution in [-0.2, 0) is 19.1 Å². The van der Waals surface area contributed by atoms with E-state index in [2.05, 4.69) is 4.74 Å². The monoisotopic (exact) mass is 355 g/mol. The maximum atomic E-state index is 12.1. The van der Waals surface area contributed by atoms with Crippen LogP contribution in [0, 0.1) is 0 Å². The first-order chi connectivity index (χ1) is 11.3. The van der Waals surface area contributed by atoms with Gasteiger partial charge in [-0.1, -0.05) is 25.1 Å². The molecule has 1 atom stereocenters. The summed E-state index contributed by atoms with van der Waals surface area (Å²) in [6, 6.07) is 7.43. The van der Waals surface area contributed by atoms with Gasteiger partial charge in [-0.15, -0.1) is 0 Å². The van der Waals surface area contributed by atoms with Crippen molar-refractivity contribution in [3.05, 3.63) is 30.3 Å². The molecule has 0 fully saturated rings. The average molecular weight is 355 g/mol. The van der Waals surface area contributed by atoms with Crippen LogP contribution in [-0.4, -0.2) is 34.8 Å². The third-order valence-corrected chi connectivity index (χ3v) is 4.06. The van der Waals surface area contributed by atoms with Gasteiger partial charge in [0.25, 0.3) is 0 Å². The lowest BCUT2D eigenvalue weighted by molar-refractivity contribution is -0.150. The van der Waals surface area contributed by atoms with Gasteiger partial charge in [-0.3, -0.25) is 4.79 Å². The predicted molar refractivity (Wildman–Crippen MR) is 89.5 cm³/mol. The summed E-state index contributed by atoms with van der Waals surface area (Å²) in [6.07, 6.45) is 0.187. The summed E-state index contributed by atoms with van der Waals surface area (Å²) in [5.41, 5.74) is 5.90. The highest BCUT2D eigenvalue weighted by atomic mass is 32.2. The molecule has 0 radical (unpaired) electrons. The van der Waals surface area contributed by atoms with Crippen molar-refractivity contribution in [3.63, 3.8) is 0 Å². The van der Waals surface area contributed by atoms with E-state index in [1.165, 1.54) is 0 Å². The lowest BCUT2D eigenvalue weighted by atomic mass is 10.0. The van der Waals surface area contributed by atoms with Gasteiger partial charge in [0.15, 0.2) is 0 Å². The van der Waals surface area contributed by atoms with Crippen molar-refractivity contribution >= 4 is 29.0 Å². The number of carbonyl (C=O) groups excluding carboxylic acids is 3. The van der Waals surface area contributed by atoms with Crippen molar-refractivity contribution in [1.29, 1.82) is 0 Å². The highest BCUT2D eigenvalue weighted by Crippen LogP contribution is 2.29. The Morgan fingerprint density at radius 2 is 1.79 bits per heavy atom. The average Bonchev–Trinajstić information content (AvgIpc) is 2.54. The van der Waals surface area contributed by atoms with E-state index < -0.39 is 34.8 Å². The Morgan fingerprint density at radius 1 is 1.17 bits per heavy atom. The smallest absolute Gasteiger partial charge is 0.370 e. The van der Waals surface area contributed by atoms with Crippen molar-refractivity contribution in [3.8, 4) is 5.75 Å². The normalized spacial score (nSPS) is 12.2. The van der Waals surface area contributed by atoms with E-state index in [1.807, 2.05) is 0 Å². The van der Waals surface area contributed by atoms with Gasteiger partial charge in [0, 0.05) is 11.2 Å². The van der Waals surface area contributed by atoms with Crippen LogP contribution in [0.5, 0.6) is 5.75 Å². The van der Waals surface area contributed by atoms with E-state index >= 15 is 0 Å². The molecular formula is C16H21NO6S. The molecule has 0 aliphatic heterocycles. The first kappa shape index (κ1) is 20.0. The van der Waals surface area contributed by atoms with Gasteiger partial charge in [-0.25, -0.2) is 9.59 Å². The molecule has 0 saturated carbocycles. The van der Waals surface area contributed by atoms with Crippen molar-refractivity contribution in [2.24, 2.45) is 5.73 Å². The Morgan fingerprint density at radius 3 is 2.38 bits per heavy atom. The maximum Gasteiger partial charge on any atom is 0.370 e. The molecule has 0 saturated heterocycles. The molecule has 0 spiro atoms. The summed E-state index contributed by atoms with van der Waals surface area (Å²) in [5.74, 6) is -0.771. The van der Waals surface area contributed by atoms with Crippen LogP contribution in [0.4, 0.5) is 4.79 Å². The SMILES string of the molecule is CCC(=O)OCOC(=O)SC(C)(C)[C@@H](N)C(=O)Oc1ccccc1. The molecule has 0 aliphatic carbocycles. The number of benzene rings is 1. The van der Waals surface area contributed by atoms with E-state index in [9.17, 15) is 14.4 Å². The van der Waals surface area contributed by atoms with Crippen LogP contribution < -0.4 is 10.5 Å². The van der Waals surface area contributed by atoms with Crippen molar-refractivity contribution in [2.75, 3.05) is 6.79 Å². The number of rotatable bonds is 7. The fourth-order valence-electron chi connectivity index (χ4n) is 1.51. The topological polar surface area (TPSA) is 105 Å². The fourth-order valence-corrected chi connectivity index (χ4v) is 2.26. The number of hydrogen-bond acceptors (Lipinski definition) is 8. The Bertz CT molecular complexity index is 575. The fraction of sp³-hybridized carbons (Fsp3) is 0.438. The quantitative estimate of drug-likeness (QED) is 0.452. The first-order valence-electron chi connectivity index (χ1n) is 7.30. The molecule has 1 aromatic rings. The second-order valence-electron chi connectivity index (χ2n) is 5.30. The molecule has 0 bridgehead atoms. The molecule has 2 N–H and O–H groups in total. The Kier molecular flexibility index (Phi) is 7.73. The standard InChI is InChI=1S/C16H21NO6S/c1-4-12(18)21-10-22-15(20)24-16(2,3)13(17)14(19)23-11-8-6-5-7-9-11/h5-9,13H,4,10,17H2,1-3H3/t13-/m0/s1. The lowest BCUT2D eigenvalue weighted by Crippen LogP contribution is -2.49. The largest absolute Gasteiger partial charge is 0.428 e. The van der Waals surface area contributed by atoms with E-state index in [4.69, 9.17) is 15.2 Å². The van der Waals surface area contributed by atoms with Gasteiger partial charge in [-0.05, 0) is 37.7 Å². The van der Waals surface area contributed by atoms with Gasteiger partial charge in [0.1, 0.15) is 11.8 Å². The van der Waals surface area contributed by atoms with Gasteiger partial charge >= 0.3 is 17.2 Å². The molecule has 132 valence electrons. The highest BCUT2D eigenvalue weighted by Gasteiger charge is 2.37. The Balaban J connectivity index is 2.51. The zero-order valence-corrected chi connectivity index (χ0v) is 14.6. The Hall–Kier alpha value is -2.06. The van der Waals surface area contributed by atoms with Gasteiger partial charge in [0.05, 0.1) is 0 Å². The first-order valence-corrected chi connectivity index (χ1v) is 8.11. The molecule has 0 unspecified atom stereocenters. The van der Waals surface area contributed by atoms with E-state index in [-0.39, 0.29) is 6.42 Å². The van der Waals surface area contributed by atoms with E-state index in [0.717, 1.165) is 11.8 Å². The van der Waals surface area contributed by atoms with Crippen LogP contribution in [0.3, 0.4) is 0 Å². The summed E-state index contributed by atoms with van der Waals surface area (Å²) in [4.78, 5) is 34.8. The molecule has 0 aromatic heterocycles. The van der Waals surface area contributed by atoms with Crippen LogP contribution in [0.1, 0.15) is 27.2 Å². The van der Waals surface area contributed by atoms with Crippen LogP contribution in [0.2, 0.25) is 0 Å². The zero-order chi connectivity index (χ0) is 18.2. The number of hydrogen-bond donors (Lipinski definition) is 1. The van der Waals surface area contributed by atoms with Gasteiger partial charge in [-0.2, -0.15) is 0 Å². The summed E-state index contributed by atoms with van der Waals surface area (Å²) >= 11 is 0.730. The highest BCUT2D eigenvalue weighted by molar-refractivity contribution is 8.14. The molecule has 7 nitrogen and oxygen atoms in total. The molecular weight excluding hydrogens is 334 g/mol. The molecule has 0 aliphatic rings. The number of thioether (sulfide) groups is 1. The molecule has 0 heterocycles. The summed E-state index contributed by atoms with van der Waals surface area (Å²) in [5, 5.41) is -0.702. The minimum absolute atomic E-state index is 0.187. The summed E-state index contributed by atoms with van der Waals surface area (Å²) in [7, 11) is 0. The summed E-state index contributed by atoms with van der Waals surface area (Å²) in [6.45, 7) is 4.39. The number of carbonyl (C=O) groups is 3. The zero-order valence-electron chi connectivity index (χ0n) is 13.8. The maximum absolute atomic E-state index is 12.1. The number of nitrogens with two attached hydrogens (primary N) is 1. The lowest BCUT2D eigenvalue weighted by Gasteiger charge is -2.27. The van der Waals surface area contributed by atoms with Crippen molar-refractivity contribution in [2.45, 2.75) is 38.0 Å². The molecule has 0 amide bonds. The number of esters is 2. The molecule has 8 heteroatoms. The molecule has 1 rings (SSSR count). The third kappa shape index (κ3) is 6.59. The number of ether oxygens (including phenoxy) is 3. The molecule has 1 aromatic carbocycles. The minimum Gasteiger partial charge on any atom is -0.428 e. The van der Waals surface area contributed by atoms with Gasteiger partial charge in [0.2, 0.25) is 6.79 Å². The van der Waals surface area contributed by atoms with Crippen molar-refractivity contribution in [1.82, 2.24) is 0 Å². The minimum atomic E-state index is -1.06. The van der Waals surface area contributed by atoms with Gasteiger partial charge < -0.3 is 19.9 Å². The van der Waals surface area contributed by atoms with Crippen LogP contribution >= 0.6 is 11.8 Å². The van der Waals surface area contributed by atoms with E-state index in [1.54, 1.807) is 51.1 Å². The third-order valence-electron chi connectivity index (χ3n) is 3.00. The van der Waals surface area contributed by atoms with Crippen LogP contribution in [0.15, 0.2) is 30.3 Å². The van der Waals surface area contributed by atoms with Crippen molar-refractivity contribution < 1.29 is 28.6 Å². The number of para-hydroxylation sites is 1. The predicted octanol–water partition coefficient (Wildman–Crippen LogP) is 2.48. The Labute approximate surface area is 144 Å². The molecule has 24 heavy (non-hydrogen) atoms. The second kappa shape index (κ2) is 9.29. The second-order valence-corrected chi connectivity index (χ2v) is 6.89.